The fourth-order valence-electron chi connectivity index (χ4n) is 5.60. The number of carbonyl (C=O) groups is 3. The second-order valence-electron chi connectivity index (χ2n) is 12.3. The number of hydrogen-bond donors (Lipinski definition) is 3. The molecular weight excluding hydrogens is 520 g/mol. The van der Waals surface area contributed by atoms with E-state index < -0.39 is 23.4 Å². The summed E-state index contributed by atoms with van der Waals surface area (Å²) < 4.78 is 7.66. The molecule has 0 spiro atoms. The van der Waals surface area contributed by atoms with Crippen LogP contribution in [-0.4, -0.2) is 63.4 Å². The number of carbonyl (C=O) groups excluding carboxylic acids is 3. The van der Waals surface area contributed by atoms with Gasteiger partial charge in [0.05, 0.1) is 25.1 Å². The molecule has 1 aliphatic heterocycles. The molecule has 0 bridgehead atoms. The molecule has 4 N–H and O–H groups in total. The summed E-state index contributed by atoms with van der Waals surface area (Å²) in [5.74, 6) is 0.404. The lowest BCUT2D eigenvalue weighted by atomic mass is 9.83. The second kappa shape index (κ2) is 14.1. The summed E-state index contributed by atoms with van der Waals surface area (Å²) in [6.07, 6.45) is 10.9. The van der Waals surface area contributed by atoms with Gasteiger partial charge in [-0.1, -0.05) is 56.5 Å². The Labute approximate surface area is 243 Å². The summed E-state index contributed by atoms with van der Waals surface area (Å²) >= 11 is 0. The average molecular weight is 567 g/mol. The minimum absolute atomic E-state index is 0.0418. The number of anilines is 1. The van der Waals surface area contributed by atoms with Crippen molar-refractivity contribution >= 4 is 23.5 Å². The lowest BCUT2D eigenvalue weighted by Crippen LogP contribution is -2.56. The Morgan fingerprint density at radius 3 is 2.41 bits per heavy atom. The third-order valence-electron chi connectivity index (χ3n) is 8.22. The van der Waals surface area contributed by atoms with Crippen molar-refractivity contribution in [2.24, 2.45) is 17.6 Å². The van der Waals surface area contributed by atoms with Crippen molar-refractivity contribution in [2.75, 3.05) is 25.0 Å². The van der Waals surface area contributed by atoms with E-state index in [1.807, 2.05) is 39.8 Å². The van der Waals surface area contributed by atoms with Crippen molar-refractivity contribution in [1.29, 1.82) is 0 Å². The van der Waals surface area contributed by atoms with E-state index in [2.05, 4.69) is 22.5 Å². The van der Waals surface area contributed by atoms with Gasteiger partial charge in [-0.2, -0.15) is 0 Å². The third-order valence-corrected chi connectivity index (χ3v) is 8.22. The van der Waals surface area contributed by atoms with Crippen molar-refractivity contribution in [3.63, 3.8) is 0 Å². The molecule has 2 heterocycles. The number of benzene rings is 1. The SMILES string of the molecule is CC1CCN(C(=O)C(C2CCCCC2)n2cnc(NC(=O)[C@@H](COCc3ccccc3)NC(=O)C(C)(C)N)c2)CC1. The monoisotopic (exact) mass is 566 g/mol. The number of aromatic nitrogens is 2. The predicted molar refractivity (Wildman–Crippen MR) is 158 cm³/mol. The molecule has 2 fully saturated rings. The molecule has 4 rings (SSSR count). The fraction of sp³-hybridized carbons (Fsp3) is 0.613. The smallest absolute Gasteiger partial charge is 0.250 e. The Morgan fingerprint density at radius 2 is 1.76 bits per heavy atom. The Balaban J connectivity index is 1.46. The number of rotatable bonds is 11. The fourth-order valence-corrected chi connectivity index (χ4v) is 5.60. The number of amides is 3. The van der Waals surface area contributed by atoms with Crippen molar-refractivity contribution in [3.8, 4) is 0 Å². The molecule has 3 amide bonds. The summed E-state index contributed by atoms with van der Waals surface area (Å²) in [6.45, 7) is 7.21. The third kappa shape index (κ3) is 8.63. The van der Waals surface area contributed by atoms with Gasteiger partial charge in [-0.25, -0.2) is 4.98 Å². The van der Waals surface area contributed by atoms with Gasteiger partial charge in [0, 0.05) is 19.3 Å². The van der Waals surface area contributed by atoms with Crippen molar-refractivity contribution in [2.45, 2.75) is 89.9 Å². The normalized spacial score (nSPS) is 18.5. The van der Waals surface area contributed by atoms with Crippen molar-refractivity contribution in [3.05, 3.63) is 48.4 Å². The summed E-state index contributed by atoms with van der Waals surface area (Å²) in [6, 6.07) is 8.27. The molecule has 1 aromatic heterocycles. The molecule has 2 aliphatic rings. The van der Waals surface area contributed by atoms with Crippen LogP contribution in [0.5, 0.6) is 0 Å². The topological polar surface area (TPSA) is 132 Å². The first kappa shape index (κ1) is 30.7. The van der Waals surface area contributed by atoms with Gasteiger partial charge < -0.3 is 30.6 Å². The zero-order valence-electron chi connectivity index (χ0n) is 24.7. The number of ether oxygens (including phenoxy) is 1. The average Bonchev–Trinajstić information content (AvgIpc) is 3.41. The molecule has 41 heavy (non-hydrogen) atoms. The van der Waals surface area contributed by atoms with Crippen molar-refractivity contribution < 1.29 is 19.1 Å². The van der Waals surface area contributed by atoms with Gasteiger partial charge in [-0.15, -0.1) is 0 Å². The molecule has 1 aromatic carbocycles. The maximum Gasteiger partial charge on any atom is 0.250 e. The largest absolute Gasteiger partial charge is 0.374 e. The number of likely N-dealkylation sites (tertiary alicyclic amines) is 1. The number of piperidine rings is 1. The Bertz CT molecular complexity index is 1150. The van der Waals surface area contributed by atoms with E-state index in [-0.39, 0.29) is 24.5 Å². The van der Waals surface area contributed by atoms with Crippen LogP contribution in [0.1, 0.15) is 77.3 Å². The Kier molecular flexibility index (Phi) is 10.6. The van der Waals surface area contributed by atoms with Crippen LogP contribution in [0.3, 0.4) is 0 Å². The summed E-state index contributed by atoms with van der Waals surface area (Å²) in [7, 11) is 0. The van der Waals surface area contributed by atoms with Gasteiger partial charge in [-0.3, -0.25) is 14.4 Å². The van der Waals surface area contributed by atoms with E-state index in [4.69, 9.17) is 10.5 Å². The molecule has 2 atom stereocenters. The molecule has 224 valence electrons. The number of hydrogen-bond acceptors (Lipinski definition) is 6. The van der Waals surface area contributed by atoms with Crippen molar-refractivity contribution in [1.82, 2.24) is 19.8 Å². The van der Waals surface area contributed by atoms with E-state index in [1.54, 1.807) is 26.4 Å². The van der Waals surface area contributed by atoms with Crippen LogP contribution >= 0.6 is 0 Å². The lowest BCUT2D eigenvalue weighted by Gasteiger charge is -2.37. The number of imidazole rings is 1. The first-order chi connectivity index (χ1) is 19.6. The number of nitrogens with two attached hydrogens (primary N) is 1. The Morgan fingerprint density at radius 1 is 1.07 bits per heavy atom. The summed E-state index contributed by atoms with van der Waals surface area (Å²) in [5.41, 5.74) is 5.76. The van der Waals surface area contributed by atoms with E-state index in [0.717, 1.165) is 57.2 Å². The van der Waals surface area contributed by atoms with Crippen LogP contribution in [0.2, 0.25) is 0 Å². The van der Waals surface area contributed by atoms with Crippen LogP contribution in [0.15, 0.2) is 42.9 Å². The molecule has 1 unspecified atom stereocenters. The lowest BCUT2D eigenvalue weighted by molar-refractivity contribution is -0.138. The zero-order valence-corrected chi connectivity index (χ0v) is 24.7. The minimum Gasteiger partial charge on any atom is -0.374 e. The second-order valence-corrected chi connectivity index (χ2v) is 12.3. The van der Waals surface area contributed by atoms with E-state index in [9.17, 15) is 14.4 Å². The van der Waals surface area contributed by atoms with E-state index in [1.165, 1.54) is 6.42 Å². The highest BCUT2D eigenvalue weighted by Gasteiger charge is 2.35. The molecule has 1 saturated heterocycles. The molecule has 1 aliphatic carbocycles. The van der Waals surface area contributed by atoms with Gasteiger partial charge in [0.2, 0.25) is 11.8 Å². The van der Waals surface area contributed by atoms with Gasteiger partial charge >= 0.3 is 0 Å². The highest BCUT2D eigenvalue weighted by Crippen LogP contribution is 2.35. The molecule has 0 radical (unpaired) electrons. The molecule has 10 heteroatoms. The van der Waals surface area contributed by atoms with Crippen LogP contribution in [0, 0.1) is 11.8 Å². The Hall–Kier alpha value is -3.24. The van der Waals surface area contributed by atoms with Crippen LogP contribution in [-0.2, 0) is 25.7 Å². The highest BCUT2D eigenvalue weighted by molar-refractivity contribution is 5.98. The standard InChI is InChI=1S/C31H46N6O4/c1-22-14-16-36(17-15-22)29(39)27(24-12-8-5-9-13-24)37-18-26(33-21-37)35-28(38)25(34-30(40)31(2,3)32)20-41-19-23-10-6-4-7-11-23/h4,6-7,10-11,18,21-22,24-25,27H,5,8-9,12-17,19-20,32H2,1-3H3,(H,34,40)(H,35,38)/t25-,27?/m1/s1. The molecule has 10 nitrogen and oxygen atoms in total. The zero-order chi connectivity index (χ0) is 29.4. The van der Waals surface area contributed by atoms with Gasteiger partial charge in [0.15, 0.2) is 5.82 Å². The number of nitrogens with one attached hydrogen (secondary N) is 2. The van der Waals surface area contributed by atoms with Gasteiger partial charge in [-0.05, 0) is 56.9 Å². The van der Waals surface area contributed by atoms with Crippen LogP contribution in [0.25, 0.3) is 0 Å². The van der Waals surface area contributed by atoms with E-state index in [0.29, 0.717) is 18.3 Å². The first-order valence-electron chi connectivity index (χ1n) is 15.0. The van der Waals surface area contributed by atoms with E-state index >= 15 is 0 Å². The molecular formula is C31H46N6O4. The maximum atomic E-state index is 13.8. The molecule has 1 saturated carbocycles. The quantitative estimate of drug-likeness (QED) is 0.381. The van der Waals surface area contributed by atoms with Crippen LogP contribution < -0.4 is 16.4 Å². The first-order valence-corrected chi connectivity index (χ1v) is 15.0. The summed E-state index contributed by atoms with van der Waals surface area (Å²) in [4.78, 5) is 46.2. The molecule has 2 aromatic rings. The number of nitrogens with zero attached hydrogens (tertiary/aromatic N) is 3. The maximum absolute atomic E-state index is 13.8. The summed E-state index contributed by atoms with van der Waals surface area (Å²) in [5, 5.41) is 5.53. The predicted octanol–water partition coefficient (Wildman–Crippen LogP) is 3.64. The van der Waals surface area contributed by atoms with Gasteiger partial charge in [0.25, 0.3) is 5.91 Å². The minimum atomic E-state index is -1.17. The van der Waals surface area contributed by atoms with Gasteiger partial charge in [0.1, 0.15) is 12.1 Å². The highest BCUT2D eigenvalue weighted by atomic mass is 16.5. The van der Waals surface area contributed by atoms with Crippen LogP contribution in [0.4, 0.5) is 5.82 Å².